The molecule has 1 N–H and O–H groups in total. The van der Waals surface area contributed by atoms with Gasteiger partial charge in [-0.3, -0.25) is 4.90 Å². The Balaban J connectivity index is 1.46. The van der Waals surface area contributed by atoms with Crippen molar-refractivity contribution < 1.29 is 9.84 Å². The summed E-state index contributed by atoms with van der Waals surface area (Å²) in [6.07, 6.45) is 4.41. The number of hydrogen-bond donors (Lipinski definition) is 1. The molecular weight excluding hydrogens is 374 g/mol. The van der Waals surface area contributed by atoms with Gasteiger partial charge < -0.3 is 9.84 Å². The van der Waals surface area contributed by atoms with Crippen LogP contribution in [0.15, 0.2) is 67.0 Å². The van der Waals surface area contributed by atoms with Crippen LogP contribution in [0.25, 0.3) is 5.69 Å². The SMILES string of the molecule is OC1CC(c2cnn(-c3ccc(OCCl)cc3)c2)CN(Cc2ccccc2)C1. The van der Waals surface area contributed by atoms with Crippen molar-refractivity contribution in [1.29, 1.82) is 0 Å². The summed E-state index contributed by atoms with van der Waals surface area (Å²) in [5.41, 5.74) is 3.38. The van der Waals surface area contributed by atoms with Crippen molar-refractivity contribution in [2.24, 2.45) is 0 Å². The summed E-state index contributed by atoms with van der Waals surface area (Å²) in [6.45, 7) is 2.48. The number of benzene rings is 2. The minimum absolute atomic E-state index is 0.134. The number of piperidine rings is 1. The van der Waals surface area contributed by atoms with Crippen LogP contribution in [0.4, 0.5) is 0 Å². The van der Waals surface area contributed by atoms with Gasteiger partial charge in [0.2, 0.25) is 0 Å². The number of nitrogens with zero attached hydrogens (tertiary/aromatic N) is 3. The second-order valence-corrected chi connectivity index (χ2v) is 7.45. The molecule has 4 rings (SSSR count). The Kier molecular flexibility index (Phi) is 5.95. The van der Waals surface area contributed by atoms with Crippen molar-refractivity contribution in [3.8, 4) is 11.4 Å². The van der Waals surface area contributed by atoms with Crippen molar-refractivity contribution >= 4 is 11.6 Å². The summed E-state index contributed by atoms with van der Waals surface area (Å²) in [5, 5.41) is 14.9. The van der Waals surface area contributed by atoms with E-state index in [2.05, 4.69) is 40.5 Å². The zero-order chi connectivity index (χ0) is 19.3. The van der Waals surface area contributed by atoms with E-state index in [0.717, 1.165) is 36.5 Å². The van der Waals surface area contributed by atoms with Gasteiger partial charge in [0, 0.05) is 31.7 Å². The van der Waals surface area contributed by atoms with Crippen LogP contribution < -0.4 is 4.74 Å². The van der Waals surface area contributed by atoms with Gasteiger partial charge in [0.25, 0.3) is 0 Å². The number of alkyl halides is 1. The fraction of sp³-hybridized carbons (Fsp3) is 0.318. The number of hydrogen-bond acceptors (Lipinski definition) is 4. The predicted molar refractivity (Wildman–Crippen MR) is 110 cm³/mol. The average Bonchev–Trinajstić information content (AvgIpc) is 3.19. The number of rotatable bonds is 6. The van der Waals surface area contributed by atoms with E-state index in [-0.39, 0.29) is 18.1 Å². The fourth-order valence-electron chi connectivity index (χ4n) is 3.82. The maximum Gasteiger partial charge on any atom is 0.162 e. The van der Waals surface area contributed by atoms with Gasteiger partial charge in [-0.25, -0.2) is 4.68 Å². The Morgan fingerprint density at radius 2 is 1.86 bits per heavy atom. The quantitative estimate of drug-likeness (QED) is 0.643. The lowest BCUT2D eigenvalue weighted by molar-refractivity contribution is 0.0549. The van der Waals surface area contributed by atoms with E-state index in [1.54, 1.807) is 0 Å². The van der Waals surface area contributed by atoms with E-state index < -0.39 is 0 Å². The Hall–Kier alpha value is -2.34. The number of aliphatic hydroxyl groups is 1. The first-order chi connectivity index (χ1) is 13.7. The molecule has 2 unspecified atom stereocenters. The molecule has 0 amide bonds. The molecule has 2 aromatic carbocycles. The van der Waals surface area contributed by atoms with Crippen LogP contribution in [0, 0.1) is 0 Å². The summed E-state index contributed by atoms with van der Waals surface area (Å²) in [7, 11) is 0. The zero-order valence-corrected chi connectivity index (χ0v) is 16.4. The van der Waals surface area contributed by atoms with Gasteiger partial charge in [-0.2, -0.15) is 5.10 Å². The van der Waals surface area contributed by atoms with Crippen molar-refractivity contribution in [2.45, 2.75) is 25.0 Å². The lowest BCUT2D eigenvalue weighted by atomic mass is 9.91. The van der Waals surface area contributed by atoms with Gasteiger partial charge in [-0.15, -0.1) is 0 Å². The predicted octanol–water partition coefficient (Wildman–Crippen LogP) is 3.80. The first-order valence-corrected chi connectivity index (χ1v) is 10.0. The molecule has 0 saturated carbocycles. The van der Waals surface area contributed by atoms with Crippen LogP contribution in [0.1, 0.15) is 23.5 Å². The highest BCUT2D eigenvalue weighted by molar-refractivity contribution is 6.17. The number of ether oxygens (including phenoxy) is 1. The highest BCUT2D eigenvalue weighted by Crippen LogP contribution is 2.28. The van der Waals surface area contributed by atoms with Gasteiger partial charge in [0.05, 0.1) is 18.0 Å². The van der Waals surface area contributed by atoms with E-state index in [1.165, 1.54) is 5.56 Å². The number of likely N-dealkylation sites (tertiary alicyclic amines) is 1. The smallest absolute Gasteiger partial charge is 0.162 e. The largest absolute Gasteiger partial charge is 0.478 e. The molecule has 2 atom stereocenters. The summed E-state index contributed by atoms with van der Waals surface area (Å²) < 4.78 is 7.14. The molecule has 6 heteroatoms. The molecule has 5 nitrogen and oxygen atoms in total. The molecule has 28 heavy (non-hydrogen) atoms. The summed E-state index contributed by atoms with van der Waals surface area (Å²) in [6, 6.07) is 18.2. The van der Waals surface area contributed by atoms with Crippen LogP contribution in [-0.4, -0.2) is 45.0 Å². The van der Waals surface area contributed by atoms with Crippen LogP contribution in [-0.2, 0) is 6.54 Å². The molecule has 1 aliphatic heterocycles. The molecule has 0 aliphatic carbocycles. The lowest BCUT2D eigenvalue weighted by Crippen LogP contribution is -2.41. The Morgan fingerprint density at radius 1 is 1.07 bits per heavy atom. The Bertz CT molecular complexity index is 882. The zero-order valence-electron chi connectivity index (χ0n) is 15.6. The second kappa shape index (κ2) is 8.78. The van der Waals surface area contributed by atoms with Crippen molar-refractivity contribution in [2.75, 3.05) is 19.2 Å². The third-order valence-corrected chi connectivity index (χ3v) is 5.26. The van der Waals surface area contributed by atoms with Crippen molar-refractivity contribution in [1.82, 2.24) is 14.7 Å². The van der Waals surface area contributed by atoms with Crippen LogP contribution in [0.5, 0.6) is 5.75 Å². The maximum atomic E-state index is 10.4. The molecule has 1 saturated heterocycles. The first kappa shape index (κ1) is 19.0. The fourth-order valence-corrected chi connectivity index (χ4v) is 3.95. The summed E-state index contributed by atoms with van der Waals surface area (Å²) >= 11 is 5.59. The number of halogens is 1. The van der Waals surface area contributed by atoms with Crippen molar-refractivity contribution in [3.05, 3.63) is 78.1 Å². The molecule has 0 spiro atoms. The molecule has 2 heterocycles. The monoisotopic (exact) mass is 397 g/mol. The van der Waals surface area contributed by atoms with E-state index in [9.17, 15) is 5.11 Å². The molecule has 3 aromatic rings. The van der Waals surface area contributed by atoms with Gasteiger partial charge in [0.1, 0.15) is 5.75 Å². The second-order valence-electron chi connectivity index (χ2n) is 7.23. The normalized spacial score (nSPS) is 20.2. The van der Waals surface area contributed by atoms with Gasteiger partial charge >= 0.3 is 0 Å². The third kappa shape index (κ3) is 4.55. The van der Waals surface area contributed by atoms with Gasteiger partial charge in [0.15, 0.2) is 6.07 Å². The molecular formula is C22H24ClN3O2. The molecule has 1 fully saturated rings. The van der Waals surface area contributed by atoms with Crippen molar-refractivity contribution in [3.63, 3.8) is 0 Å². The molecule has 146 valence electrons. The van der Waals surface area contributed by atoms with E-state index in [0.29, 0.717) is 6.54 Å². The van der Waals surface area contributed by atoms with E-state index in [1.807, 2.05) is 41.2 Å². The standard InChI is InChI=1S/C22H24ClN3O2/c23-16-28-22-8-6-20(7-9-22)26-14-19(11-24-26)18-10-21(27)15-25(13-18)12-17-4-2-1-3-5-17/h1-9,11,14,18,21,27H,10,12-13,15-16H2. The molecule has 0 radical (unpaired) electrons. The minimum Gasteiger partial charge on any atom is -0.478 e. The molecule has 0 bridgehead atoms. The van der Waals surface area contributed by atoms with E-state index >= 15 is 0 Å². The lowest BCUT2D eigenvalue weighted by Gasteiger charge is -2.35. The van der Waals surface area contributed by atoms with E-state index in [4.69, 9.17) is 16.3 Å². The maximum absolute atomic E-state index is 10.4. The summed E-state index contributed by atoms with van der Waals surface area (Å²) in [4.78, 5) is 2.32. The van der Waals surface area contributed by atoms with Crippen LogP contribution in [0.2, 0.25) is 0 Å². The highest BCUT2D eigenvalue weighted by atomic mass is 35.5. The van der Waals surface area contributed by atoms with Crippen LogP contribution >= 0.6 is 11.6 Å². The minimum atomic E-state index is -0.321. The Labute approximate surface area is 170 Å². The first-order valence-electron chi connectivity index (χ1n) is 9.49. The number of β-amino-alcohol motifs (C(OH)–C–C–N with tert-alkyl or cyclic N) is 1. The summed E-state index contributed by atoms with van der Waals surface area (Å²) in [5.74, 6) is 0.998. The Morgan fingerprint density at radius 3 is 2.61 bits per heavy atom. The number of aliphatic hydroxyl groups excluding tert-OH is 1. The van der Waals surface area contributed by atoms with Crippen LogP contribution in [0.3, 0.4) is 0 Å². The average molecular weight is 398 g/mol. The molecule has 1 aliphatic rings. The van der Waals surface area contributed by atoms with Gasteiger partial charge in [-0.1, -0.05) is 41.9 Å². The topological polar surface area (TPSA) is 50.5 Å². The number of aromatic nitrogens is 2. The highest BCUT2D eigenvalue weighted by Gasteiger charge is 2.28. The third-order valence-electron chi connectivity index (χ3n) is 5.15. The van der Waals surface area contributed by atoms with Gasteiger partial charge in [-0.05, 0) is 41.8 Å². The molecule has 1 aromatic heterocycles.